The van der Waals surface area contributed by atoms with E-state index >= 15 is 0 Å². The summed E-state index contributed by atoms with van der Waals surface area (Å²) in [5.41, 5.74) is 10.7. The molecule has 3 aromatic heterocycles. The highest BCUT2D eigenvalue weighted by Gasteiger charge is 2.15. The molecule has 0 saturated heterocycles. The van der Waals surface area contributed by atoms with Gasteiger partial charge in [-0.15, -0.1) is 5.10 Å². The number of furan rings is 1. The van der Waals surface area contributed by atoms with Gasteiger partial charge in [0.05, 0.1) is 26.2 Å². The highest BCUT2D eigenvalue weighted by Crippen LogP contribution is 2.26. The highest BCUT2D eigenvalue weighted by molar-refractivity contribution is 5.69. The predicted molar refractivity (Wildman–Crippen MR) is 128 cm³/mol. The van der Waals surface area contributed by atoms with Gasteiger partial charge in [0.1, 0.15) is 11.5 Å². The fraction of sp³-hybridized carbons (Fsp3) is 0.160. The number of nitrogens with one attached hydrogen (secondary N) is 1. The lowest BCUT2D eigenvalue weighted by atomic mass is 10.0. The number of anilines is 1. The molecule has 0 spiro atoms. The van der Waals surface area contributed by atoms with Crippen LogP contribution in [0.2, 0.25) is 0 Å². The summed E-state index contributed by atoms with van der Waals surface area (Å²) in [5, 5.41) is 7.90. The van der Waals surface area contributed by atoms with Gasteiger partial charge in [-0.1, -0.05) is 24.3 Å². The van der Waals surface area contributed by atoms with E-state index in [2.05, 4.69) is 26.4 Å². The summed E-state index contributed by atoms with van der Waals surface area (Å²) in [6.45, 7) is 1.28. The molecule has 0 bridgehead atoms. The maximum atomic E-state index is 6.22. The lowest BCUT2D eigenvalue weighted by molar-refractivity contribution is 0.393. The van der Waals surface area contributed by atoms with Crippen molar-refractivity contribution in [1.29, 1.82) is 0 Å². The number of nitrogens with zero attached hydrogens (tertiary/aromatic N) is 4. The minimum Gasteiger partial charge on any atom is -0.497 e. The van der Waals surface area contributed by atoms with Crippen LogP contribution in [0, 0.1) is 0 Å². The monoisotopic (exact) mass is 456 g/mol. The molecule has 0 atom stereocenters. The lowest BCUT2D eigenvalue weighted by Gasteiger charge is -2.12. The van der Waals surface area contributed by atoms with Crippen molar-refractivity contribution in [2.75, 3.05) is 20.0 Å². The number of methoxy groups -OCH3 is 2. The number of benzene rings is 2. The average molecular weight is 457 g/mol. The quantitative estimate of drug-likeness (QED) is 0.361. The Hall–Kier alpha value is -4.37. The summed E-state index contributed by atoms with van der Waals surface area (Å²) >= 11 is 0. The average Bonchev–Trinajstić information content (AvgIpc) is 3.54. The van der Waals surface area contributed by atoms with Crippen molar-refractivity contribution < 1.29 is 13.9 Å². The van der Waals surface area contributed by atoms with Crippen LogP contribution in [0.3, 0.4) is 0 Å². The van der Waals surface area contributed by atoms with Crippen molar-refractivity contribution in [3.8, 4) is 34.3 Å². The Bertz CT molecular complexity index is 1410. The van der Waals surface area contributed by atoms with Gasteiger partial charge in [-0.2, -0.15) is 4.52 Å². The first-order valence-electron chi connectivity index (χ1n) is 10.7. The second-order valence-electron chi connectivity index (χ2n) is 7.66. The van der Waals surface area contributed by atoms with E-state index in [1.807, 2.05) is 42.5 Å². The third kappa shape index (κ3) is 4.28. The zero-order chi connectivity index (χ0) is 23.5. The van der Waals surface area contributed by atoms with Gasteiger partial charge >= 0.3 is 0 Å². The molecule has 0 aliphatic carbocycles. The van der Waals surface area contributed by atoms with Crippen molar-refractivity contribution in [2.45, 2.75) is 13.1 Å². The van der Waals surface area contributed by atoms with Gasteiger partial charge in [0, 0.05) is 30.8 Å². The van der Waals surface area contributed by atoms with Gasteiger partial charge in [-0.25, -0.2) is 9.97 Å². The van der Waals surface area contributed by atoms with Crippen LogP contribution in [0.1, 0.15) is 11.1 Å². The number of fused-ring (bicyclic) bond motifs is 1. The van der Waals surface area contributed by atoms with Crippen LogP contribution in [0.15, 0.2) is 71.3 Å². The van der Waals surface area contributed by atoms with Crippen LogP contribution < -0.4 is 20.5 Å². The maximum absolute atomic E-state index is 6.22. The Labute approximate surface area is 196 Å². The van der Waals surface area contributed by atoms with Crippen molar-refractivity contribution in [3.05, 3.63) is 78.1 Å². The zero-order valence-electron chi connectivity index (χ0n) is 18.9. The minimum absolute atomic E-state index is 0.254. The molecule has 0 fully saturated rings. The minimum atomic E-state index is 0.254. The first-order valence-corrected chi connectivity index (χ1v) is 10.7. The van der Waals surface area contributed by atoms with Crippen molar-refractivity contribution in [1.82, 2.24) is 24.9 Å². The molecule has 3 N–H and O–H groups in total. The van der Waals surface area contributed by atoms with Gasteiger partial charge in [0.2, 0.25) is 11.8 Å². The summed E-state index contributed by atoms with van der Waals surface area (Å²) in [6, 6.07) is 19.4. The van der Waals surface area contributed by atoms with E-state index in [4.69, 9.17) is 19.6 Å². The standard InChI is InChI=1S/C25H24N6O3/c1-32-18-10-16(11-19(12-18)33-2)14-27-15-17-6-3-4-7-20(17)21-13-23-29-24(22-8-5-9-34-22)30-31(23)25(26)28-21/h3-13,27H,14-15H2,1-2H3,(H2,26,28). The normalized spacial score (nSPS) is 11.1. The van der Waals surface area contributed by atoms with Crippen LogP contribution in [-0.4, -0.2) is 33.8 Å². The Morgan fingerprint density at radius 3 is 2.47 bits per heavy atom. The van der Waals surface area contributed by atoms with Crippen molar-refractivity contribution in [3.63, 3.8) is 0 Å². The molecular formula is C25H24N6O3. The van der Waals surface area contributed by atoms with Gasteiger partial charge < -0.3 is 24.9 Å². The van der Waals surface area contributed by atoms with Gasteiger partial charge in [0.15, 0.2) is 11.4 Å². The fourth-order valence-electron chi connectivity index (χ4n) is 3.79. The van der Waals surface area contributed by atoms with E-state index in [-0.39, 0.29) is 5.95 Å². The SMILES string of the molecule is COc1cc(CNCc2ccccc2-c2cc3nc(-c4ccco4)nn3c(N)n2)cc(OC)c1. The second kappa shape index (κ2) is 9.24. The molecular weight excluding hydrogens is 432 g/mol. The van der Waals surface area contributed by atoms with Crippen LogP contribution in [0.4, 0.5) is 5.95 Å². The molecule has 0 saturated carbocycles. The van der Waals surface area contributed by atoms with Crippen LogP contribution in [-0.2, 0) is 13.1 Å². The summed E-state index contributed by atoms with van der Waals surface area (Å²) in [4.78, 5) is 9.15. The van der Waals surface area contributed by atoms with Crippen molar-refractivity contribution in [2.24, 2.45) is 0 Å². The summed E-state index contributed by atoms with van der Waals surface area (Å²) < 4.78 is 17.6. The molecule has 5 aromatic rings. The van der Waals surface area contributed by atoms with E-state index in [9.17, 15) is 0 Å². The first kappa shape index (κ1) is 21.5. The Morgan fingerprint density at radius 1 is 0.941 bits per heavy atom. The number of nitrogens with two attached hydrogens (primary N) is 1. The molecule has 0 radical (unpaired) electrons. The van der Waals surface area contributed by atoms with E-state index in [1.165, 1.54) is 4.52 Å². The molecule has 0 unspecified atom stereocenters. The van der Waals surface area contributed by atoms with E-state index in [1.54, 1.807) is 32.6 Å². The van der Waals surface area contributed by atoms with Crippen molar-refractivity contribution >= 4 is 11.6 Å². The number of ether oxygens (including phenoxy) is 2. The molecule has 9 heteroatoms. The number of hydrogen-bond donors (Lipinski definition) is 2. The van der Waals surface area contributed by atoms with Crippen LogP contribution >= 0.6 is 0 Å². The third-order valence-corrected chi connectivity index (χ3v) is 5.44. The summed E-state index contributed by atoms with van der Waals surface area (Å²) in [6.07, 6.45) is 1.58. The lowest BCUT2D eigenvalue weighted by Crippen LogP contribution is -2.14. The number of rotatable bonds is 8. The topological polar surface area (TPSA) is 113 Å². The molecule has 3 heterocycles. The number of aromatic nitrogens is 4. The zero-order valence-corrected chi connectivity index (χ0v) is 18.9. The molecule has 9 nitrogen and oxygen atoms in total. The van der Waals surface area contributed by atoms with E-state index in [0.29, 0.717) is 30.3 Å². The molecule has 34 heavy (non-hydrogen) atoms. The third-order valence-electron chi connectivity index (χ3n) is 5.44. The first-order chi connectivity index (χ1) is 16.6. The predicted octanol–water partition coefficient (Wildman–Crippen LogP) is 3.94. The Kier molecular flexibility index (Phi) is 5.84. The highest BCUT2D eigenvalue weighted by atomic mass is 16.5. The fourth-order valence-corrected chi connectivity index (χ4v) is 3.79. The van der Waals surface area contributed by atoms with E-state index in [0.717, 1.165) is 33.9 Å². The van der Waals surface area contributed by atoms with Crippen LogP contribution in [0.5, 0.6) is 11.5 Å². The maximum Gasteiger partial charge on any atom is 0.223 e. The Balaban J connectivity index is 1.40. The summed E-state index contributed by atoms with van der Waals surface area (Å²) in [5.74, 6) is 2.80. The molecule has 0 amide bonds. The summed E-state index contributed by atoms with van der Waals surface area (Å²) in [7, 11) is 3.29. The van der Waals surface area contributed by atoms with Crippen LogP contribution in [0.25, 0.3) is 28.5 Å². The molecule has 0 aliphatic heterocycles. The molecule has 0 aliphatic rings. The Morgan fingerprint density at radius 2 is 1.74 bits per heavy atom. The van der Waals surface area contributed by atoms with Gasteiger partial charge in [-0.3, -0.25) is 0 Å². The van der Waals surface area contributed by atoms with Gasteiger partial charge in [0.25, 0.3) is 0 Å². The second-order valence-corrected chi connectivity index (χ2v) is 7.66. The number of hydrogen-bond acceptors (Lipinski definition) is 8. The molecule has 2 aromatic carbocycles. The van der Waals surface area contributed by atoms with E-state index < -0.39 is 0 Å². The molecule has 172 valence electrons. The molecule has 5 rings (SSSR count). The number of nitrogen functional groups attached to an aromatic ring is 1. The van der Waals surface area contributed by atoms with Gasteiger partial charge in [-0.05, 0) is 35.4 Å². The largest absolute Gasteiger partial charge is 0.497 e. The smallest absolute Gasteiger partial charge is 0.223 e.